The molecule has 2 aromatic carbocycles. The minimum atomic E-state index is -1.95. The van der Waals surface area contributed by atoms with Crippen molar-refractivity contribution in [2.24, 2.45) is 11.8 Å². The number of carbonyl (C=O) groups is 3. The zero-order valence-electron chi connectivity index (χ0n) is 25.8. The highest BCUT2D eigenvalue weighted by atomic mass is 28.4. The number of rotatable bonds is 16. The highest BCUT2D eigenvalue weighted by Crippen LogP contribution is 2.29. The molecule has 41 heavy (non-hydrogen) atoms. The van der Waals surface area contributed by atoms with Gasteiger partial charge in [-0.1, -0.05) is 13.8 Å². The van der Waals surface area contributed by atoms with Gasteiger partial charge in [-0.3, -0.25) is 4.79 Å². The number of esters is 3. The van der Waals surface area contributed by atoms with Crippen molar-refractivity contribution in [3.05, 3.63) is 59.7 Å². The Labute approximate surface area is 246 Å². The van der Waals surface area contributed by atoms with Crippen LogP contribution in [0.3, 0.4) is 0 Å². The van der Waals surface area contributed by atoms with Crippen molar-refractivity contribution in [1.29, 1.82) is 0 Å². The van der Waals surface area contributed by atoms with Crippen LogP contribution in [-0.4, -0.2) is 54.9 Å². The van der Waals surface area contributed by atoms with Crippen LogP contribution in [0.1, 0.15) is 54.3 Å². The Balaban J connectivity index is 1.71. The zero-order valence-corrected chi connectivity index (χ0v) is 27.8. The van der Waals surface area contributed by atoms with Crippen LogP contribution in [0.2, 0.25) is 38.3 Å². The third kappa shape index (κ3) is 13.0. The quantitative estimate of drug-likeness (QED) is 0.114. The molecule has 0 saturated heterocycles. The first kappa shape index (κ1) is 34.2. The number of benzene rings is 2. The van der Waals surface area contributed by atoms with E-state index in [0.717, 1.165) is 24.9 Å². The molecule has 8 nitrogen and oxygen atoms in total. The molecule has 0 aromatic heterocycles. The molecule has 10 heteroatoms. The lowest BCUT2D eigenvalue weighted by molar-refractivity contribution is -0.131. The molecular formula is C31H46O8Si2. The minimum absolute atomic E-state index is 0.321. The Hall–Kier alpha value is -2.96. The Kier molecular flexibility index (Phi) is 13.3. The van der Waals surface area contributed by atoms with Gasteiger partial charge < -0.3 is 23.1 Å². The molecule has 0 spiro atoms. The highest BCUT2D eigenvalue weighted by molar-refractivity contribution is 6.84. The second kappa shape index (κ2) is 15.9. The largest absolute Gasteiger partial charge is 0.497 e. The smallest absolute Gasteiger partial charge is 0.338 e. The molecule has 0 N–H and O–H groups in total. The van der Waals surface area contributed by atoms with Crippen LogP contribution in [0.15, 0.2) is 48.5 Å². The molecule has 2 atom stereocenters. The molecule has 0 aliphatic rings. The van der Waals surface area contributed by atoms with E-state index in [4.69, 9.17) is 23.1 Å². The van der Waals surface area contributed by atoms with Crippen LogP contribution in [0, 0.1) is 11.8 Å². The summed E-state index contributed by atoms with van der Waals surface area (Å²) in [5.74, 6) is 0.709. The number of hydrogen-bond donors (Lipinski definition) is 0. The van der Waals surface area contributed by atoms with Gasteiger partial charge >= 0.3 is 17.9 Å². The first-order valence-electron chi connectivity index (χ1n) is 14.2. The summed E-state index contributed by atoms with van der Waals surface area (Å²) >= 11 is 0. The summed E-state index contributed by atoms with van der Waals surface area (Å²) in [7, 11) is -2.30. The molecule has 2 unspecified atom stereocenters. The SMILES string of the molecule is COc1ccc(C(=O)OCCC(C)C[Si](C)(C)O[Si](C)(C)CC(C)CCOC(=O)c2ccc(OC(C)=O)cc2)cc1. The molecule has 0 amide bonds. The molecule has 0 aliphatic heterocycles. The molecule has 2 aromatic rings. The predicted molar refractivity (Wildman–Crippen MR) is 165 cm³/mol. The summed E-state index contributed by atoms with van der Waals surface area (Å²) in [5.41, 5.74) is 0.937. The topological polar surface area (TPSA) is 97.4 Å². The van der Waals surface area contributed by atoms with E-state index >= 15 is 0 Å². The van der Waals surface area contributed by atoms with Crippen molar-refractivity contribution in [3.8, 4) is 11.5 Å². The first-order chi connectivity index (χ1) is 19.2. The van der Waals surface area contributed by atoms with Crippen LogP contribution in [0.25, 0.3) is 0 Å². The van der Waals surface area contributed by atoms with Crippen molar-refractivity contribution in [3.63, 3.8) is 0 Å². The van der Waals surface area contributed by atoms with E-state index in [1.807, 2.05) is 0 Å². The molecule has 2 rings (SSSR count). The average Bonchev–Trinajstić information content (AvgIpc) is 2.87. The van der Waals surface area contributed by atoms with Crippen LogP contribution in [0.5, 0.6) is 11.5 Å². The van der Waals surface area contributed by atoms with Crippen LogP contribution in [0.4, 0.5) is 0 Å². The van der Waals surface area contributed by atoms with E-state index in [-0.39, 0.29) is 5.97 Å². The van der Waals surface area contributed by atoms with Crippen LogP contribution < -0.4 is 9.47 Å². The zero-order chi connectivity index (χ0) is 30.6. The first-order valence-corrected chi connectivity index (χ1v) is 20.4. The van der Waals surface area contributed by atoms with E-state index in [0.29, 0.717) is 47.7 Å². The summed E-state index contributed by atoms with van der Waals surface area (Å²) in [4.78, 5) is 35.7. The lowest BCUT2D eigenvalue weighted by Crippen LogP contribution is -2.46. The van der Waals surface area contributed by atoms with Crippen molar-refractivity contribution >= 4 is 34.5 Å². The summed E-state index contributed by atoms with van der Waals surface area (Å²) in [6.45, 7) is 15.5. The Bertz CT molecular complexity index is 1130. The molecule has 0 fully saturated rings. The third-order valence-electron chi connectivity index (χ3n) is 6.60. The minimum Gasteiger partial charge on any atom is -0.497 e. The van der Waals surface area contributed by atoms with Crippen molar-refractivity contribution in [2.75, 3.05) is 20.3 Å². The molecule has 0 radical (unpaired) electrons. The summed E-state index contributed by atoms with van der Waals surface area (Å²) < 4.78 is 27.9. The highest BCUT2D eigenvalue weighted by Gasteiger charge is 2.35. The molecule has 0 heterocycles. The molecule has 0 aliphatic carbocycles. The van der Waals surface area contributed by atoms with Gasteiger partial charge in [0.1, 0.15) is 11.5 Å². The lowest BCUT2D eigenvalue weighted by atomic mass is 10.1. The van der Waals surface area contributed by atoms with E-state index < -0.39 is 28.6 Å². The van der Waals surface area contributed by atoms with Gasteiger partial charge in [0.05, 0.1) is 31.5 Å². The summed E-state index contributed by atoms with van der Waals surface area (Å²) in [6.07, 6.45) is 1.55. The second-order valence-electron chi connectivity index (χ2n) is 11.9. The fourth-order valence-electron chi connectivity index (χ4n) is 5.14. The molecular weight excluding hydrogens is 557 g/mol. The maximum Gasteiger partial charge on any atom is 0.338 e. The number of ether oxygens (including phenoxy) is 4. The third-order valence-corrected chi connectivity index (χ3v) is 14.4. The van der Waals surface area contributed by atoms with E-state index in [2.05, 4.69) is 40.0 Å². The van der Waals surface area contributed by atoms with E-state index in [1.165, 1.54) is 6.92 Å². The Morgan fingerprint density at radius 1 is 0.683 bits per heavy atom. The monoisotopic (exact) mass is 602 g/mol. The van der Waals surface area contributed by atoms with Crippen LogP contribution in [-0.2, 0) is 18.4 Å². The van der Waals surface area contributed by atoms with Gasteiger partial charge in [0.2, 0.25) is 0 Å². The number of methoxy groups -OCH3 is 1. The van der Waals surface area contributed by atoms with Gasteiger partial charge in [-0.15, -0.1) is 0 Å². The maximum atomic E-state index is 12.4. The fraction of sp³-hybridized carbons (Fsp3) is 0.516. The Morgan fingerprint density at radius 3 is 1.44 bits per heavy atom. The molecule has 0 saturated carbocycles. The molecule has 0 bridgehead atoms. The van der Waals surface area contributed by atoms with Crippen LogP contribution >= 0.6 is 0 Å². The number of hydrogen-bond acceptors (Lipinski definition) is 8. The van der Waals surface area contributed by atoms with E-state index in [1.54, 1.807) is 55.6 Å². The maximum absolute atomic E-state index is 12.4. The van der Waals surface area contributed by atoms with Crippen molar-refractivity contribution in [2.45, 2.75) is 71.9 Å². The van der Waals surface area contributed by atoms with Crippen molar-refractivity contribution < 1.29 is 37.4 Å². The van der Waals surface area contributed by atoms with Gasteiger partial charge in [-0.05, 0) is 111 Å². The van der Waals surface area contributed by atoms with Gasteiger partial charge in [0.15, 0.2) is 16.6 Å². The predicted octanol–water partition coefficient (Wildman–Crippen LogP) is 7.11. The van der Waals surface area contributed by atoms with Gasteiger partial charge in [-0.2, -0.15) is 0 Å². The average molecular weight is 603 g/mol. The lowest BCUT2D eigenvalue weighted by Gasteiger charge is -2.37. The van der Waals surface area contributed by atoms with Gasteiger partial charge in [-0.25, -0.2) is 9.59 Å². The summed E-state index contributed by atoms with van der Waals surface area (Å²) in [5, 5.41) is 0. The van der Waals surface area contributed by atoms with Gasteiger partial charge in [0, 0.05) is 6.92 Å². The van der Waals surface area contributed by atoms with E-state index in [9.17, 15) is 14.4 Å². The number of carbonyl (C=O) groups excluding carboxylic acids is 3. The Morgan fingerprint density at radius 2 is 1.07 bits per heavy atom. The van der Waals surface area contributed by atoms with Crippen molar-refractivity contribution in [1.82, 2.24) is 0 Å². The second-order valence-corrected chi connectivity index (χ2v) is 20.6. The normalized spacial score (nSPS) is 13.2. The molecule has 226 valence electrons. The van der Waals surface area contributed by atoms with Gasteiger partial charge in [0.25, 0.3) is 0 Å². The fourth-order valence-corrected chi connectivity index (χ4v) is 15.6. The summed E-state index contributed by atoms with van der Waals surface area (Å²) in [6, 6.07) is 15.2. The standard InChI is InChI=1S/C31H46O8Si2/c1-23(17-19-36-30(33)26-9-13-28(35-4)14-10-26)21-40(5,6)39-41(7,8)22-24(2)18-20-37-31(34)27-11-15-29(16-12-27)38-25(3)32/h9-16,23-24H,17-22H2,1-8H3.